The maximum atomic E-state index is 13.0. The van der Waals surface area contributed by atoms with Gasteiger partial charge in [0, 0.05) is 37.3 Å². The summed E-state index contributed by atoms with van der Waals surface area (Å²) in [6.07, 6.45) is 1.74. The predicted molar refractivity (Wildman–Crippen MR) is 77.2 cm³/mol. The summed E-state index contributed by atoms with van der Waals surface area (Å²) in [5.74, 6) is 0.698. The quantitative estimate of drug-likeness (QED) is 0.908. The Morgan fingerprint density at radius 1 is 1.15 bits per heavy atom. The second kappa shape index (κ2) is 5.54. The molecular weight excluding hydrogens is 255 g/mol. The van der Waals surface area contributed by atoms with Crippen molar-refractivity contribution in [2.45, 2.75) is 6.92 Å². The number of hydrogen-bond acceptors (Lipinski definition) is 4. The molecule has 104 valence electrons. The number of benzene rings is 1. The van der Waals surface area contributed by atoms with Crippen LogP contribution in [0.3, 0.4) is 0 Å². The van der Waals surface area contributed by atoms with Gasteiger partial charge in [-0.3, -0.25) is 0 Å². The van der Waals surface area contributed by atoms with Gasteiger partial charge in [-0.25, -0.2) is 4.39 Å². The van der Waals surface area contributed by atoms with Gasteiger partial charge in [0.1, 0.15) is 5.82 Å². The molecule has 4 nitrogen and oxygen atoms in total. The van der Waals surface area contributed by atoms with Crippen LogP contribution >= 0.6 is 0 Å². The predicted octanol–water partition coefficient (Wildman–Crippen LogP) is 2.00. The van der Waals surface area contributed by atoms with Gasteiger partial charge in [0.25, 0.3) is 0 Å². The van der Waals surface area contributed by atoms with Gasteiger partial charge >= 0.3 is 0 Å². The first-order valence-corrected chi connectivity index (χ1v) is 6.79. The van der Waals surface area contributed by atoms with Gasteiger partial charge in [-0.1, -0.05) is 12.1 Å². The van der Waals surface area contributed by atoms with E-state index in [0.29, 0.717) is 0 Å². The van der Waals surface area contributed by atoms with Crippen LogP contribution in [0.2, 0.25) is 0 Å². The first-order valence-electron chi connectivity index (χ1n) is 6.79. The third kappa shape index (κ3) is 2.49. The van der Waals surface area contributed by atoms with E-state index in [-0.39, 0.29) is 5.82 Å². The highest BCUT2D eigenvalue weighted by Gasteiger charge is 2.17. The van der Waals surface area contributed by atoms with Crippen molar-refractivity contribution < 1.29 is 4.39 Å². The van der Waals surface area contributed by atoms with Gasteiger partial charge in [0.2, 0.25) is 0 Å². The number of halogens is 1. The van der Waals surface area contributed by atoms with E-state index < -0.39 is 0 Å². The van der Waals surface area contributed by atoms with E-state index in [1.54, 1.807) is 18.3 Å². The molecule has 0 bridgehead atoms. The molecule has 1 aliphatic rings. The highest BCUT2D eigenvalue weighted by molar-refractivity contribution is 5.71. The Bertz CT molecular complexity index is 591. The van der Waals surface area contributed by atoms with E-state index in [1.807, 2.05) is 6.92 Å². The molecule has 0 aliphatic carbocycles. The molecular formula is C15H17FN4. The lowest BCUT2D eigenvalue weighted by atomic mass is 10.0. The molecule has 2 heterocycles. The first kappa shape index (κ1) is 13.0. The minimum absolute atomic E-state index is 0.226. The molecule has 1 aromatic heterocycles. The standard InChI is InChI=1S/C15H17FN4/c1-11-14(12-2-4-13(16)5-3-12)10-18-19-15(11)20-8-6-17-7-9-20/h2-5,10,17H,6-9H2,1H3. The molecule has 5 heteroatoms. The summed E-state index contributed by atoms with van der Waals surface area (Å²) < 4.78 is 13.0. The zero-order chi connectivity index (χ0) is 13.9. The lowest BCUT2D eigenvalue weighted by molar-refractivity contribution is 0.581. The van der Waals surface area contributed by atoms with Crippen LogP contribution in [0.1, 0.15) is 5.56 Å². The number of nitrogens with one attached hydrogen (secondary N) is 1. The van der Waals surface area contributed by atoms with Crippen molar-refractivity contribution in [3.05, 3.63) is 41.8 Å². The number of hydrogen-bond donors (Lipinski definition) is 1. The summed E-state index contributed by atoms with van der Waals surface area (Å²) in [6.45, 7) is 5.83. The Hall–Kier alpha value is -2.01. The summed E-state index contributed by atoms with van der Waals surface area (Å²) in [7, 11) is 0. The van der Waals surface area contributed by atoms with Gasteiger partial charge in [-0.15, -0.1) is 5.10 Å². The lowest BCUT2D eigenvalue weighted by Crippen LogP contribution is -2.44. The molecule has 0 amide bonds. The smallest absolute Gasteiger partial charge is 0.154 e. The molecule has 1 saturated heterocycles. The minimum Gasteiger partial charge on any atom is -0.352 e. The summed E-state index contributed by atoms with van der Waals surface area (Å²) in [5, 5.41) is 11.7. The molecule has 20 heavy (non-hydrogen) atoms. The summed E-state index contributed by atoms with van der Waals surface area (Å²) in [5.41, 5.74) is 3.07. The second-order valence-electron chi connectivity index (χ2n) is 4.95. The van der Waals surface area contributed by atoms with Gasteiger partial charge in [-0.2, -0.15) is 5.10 Å². The van der Waals surface area contributed by atoms with E-state index in [9.17, 15) is 4.39 Å². The molecule has 0 spiro atoms. The van der Waals surface area contributed by atoms with Crippen molar-refractivity contribution in [3.63, 3.8) is 0 Å². The maximum absolute atomic E-state index is 13.0. The number of nitrogens with zero attached hydrogens (tertiary/aromatic N) is 3. The van der Waals surface area contributed by atoms with Crippen LogP contribution in [0.25, 0.3) is 11.1 Å². The normalized spacial score (nSPS) is 15.4. The number of piperazine rings is 1. The van der Waals surface area contributed by atoms with Crippen molar-refractivity contribution in [2.75, 3.05) is 31.1 Å². The summed E-state index contributed by atoms with van der Waals surface area (Å²) in [4.78, 5) is 2.24. The fraction of sp³-hybridized carbons (Fsp3) is 0.333. The molecule has 0 unspecified atom stereocenters. The second-order valence-corrected chi connectivity index (χ2v) is 4.95. The number of rotatable bonds is 2. The molecule has 1 aliphatic heterocycles. The average Bonchev–Trinajstić information content (AvgIpc) is 2.49. The van der Waals surface area contributed by atoms with E-state index in [4.69, 9.17) is 0 Å². The van der Waals surface area contributed by atoms with Crippen LogP contribution in [0.5, 0.6) is 0 Å². The van der Waals surface area contributed by atoms with E-state index in [0.717, 1.165) is 48.7 Å². The Morgan fingerprint density at radius 3 is 2.55 bits per heavy atom. The third-order valence-electron chi connectivity index (χ3n) is 3.65. The van der Waals surface area contributed by atoms with Gasteiger partial charge in [0.15, 0.2) is 5.82 Å². The van der Waals surface area contributed by atoms with Gasteiger partial charge < -0.3 is 10.2 Å². The molecule has 0 radical (unpaired) electrons. The van der Waals surface area contributed by atoms with Crippen molar-refractivity contribution in [1.82, 2.24) is 15.5 Å². The van der Waals surface area contributed by atoms with Crippen LogP contribution in [0.4, 0.5) is 10.2 Å². The topological polar surface area (TPSA) is 41.1 Å². The summed E-state index contributed by atoms with van der Waals surface area (Å²) in [6, 6.07) is 6.50. The summed E-state index contributed by atoms with van der Waals surface area (Å²) >= 11 is 0. The van der Waals surface area contributed by atoms with Gasteiger partial charge in [-0.05, 0) is 24.6 Å². The van der Waals surface area contributed by atoms with E-state index in [1.165, 1.54) is 12.1 Å². The highest BCUT2D eigenvalue weighted by Crippen LogP contribution is 2.28. The van der Waals surface area contributed by atoms with Crippen LogP contribution in [0, 0.1) is 12.7 Å². The molecule has 2 aromatic rings. The van der Waals surface area contributed by atoms with Crippen LogP contribution in [-0.2, 0) is 0 Å². The van der Waals surface area contributed by atoms with Crippen molar-refractivity contribution in [3.8, 4) is 11.1 Å². The van der Waals surface area contributed by atoms with Crippen LogP contribution < -0.4 is 10.2 Å². The maximum Gasteiger partial charge on any atom is 0.154 e. The highest BCUT2D eigenvalue weighted by atomic mass is 19.1. The van der Waals surface area contributed by atoms with Crippen molar-refractivity contribution in [1.29, 1.82) is 0 Å². The number of anilines is 1. The Balaban J connectivity index is 1.98. The monoisotopic (exact) mass is 272 g/mol. The molecule has 1 fully saturated rings. The molecule has 0 atom stereocenters. The SMILES string of the molecule is Cc1c(-c2ccc(F)cc2)cnnc1N1CCNCC1. The molecule has 1 aromatic carbocycles. The zero-order valence-electron chi connectivity index (χ0n) is 11.4. The minimum atomic E-state index is -0.226. The molecule has 0 saturated carbocycles. The Kier molecular flexibility index (Phi) is 3.60. The average molecular weight is 272 g/mol. The van der Waals surface area contributed by atoms with Gasteiger partial charge in [0.05, 0.1) is 6.20 Å². The van der Waals surface area contributed by atoms with Crippen LogP contribution in [-0.4, -0.2) is 36.4 Å². The zero-order valence-corrected chi connectivity index (χ0v) is 11.4. The van der Waals surface area contributed by atoms with Crippen LogP contribution in [0.15, 0.2) is 30.5 Å². The van der Waals surface area contributed by atoms with Crippen molar-refractivity contribution >= 4 is 5.82 Å². The fourth-order valence-corrected chi connectivity index (χ4v) is 2.53. The molecule has 1 N–H and O–H groups in total. The Morgan fingerprint density at radius 2 is 1.85 bits per heavy atom. The fourth-order valence-electron chi connectivity index (χ4n) is 2.53. The largest absolute Gasteiger partial charge is 0.352 e. The third-order valence-corrected chi connectivity index (χ3v) is 3.65. The van der Waals surface area contributed by atoms with E-state index >= 15 is 0 Å². The van der Waals surface area contributed by atoms with Crippen molar-refractivity contribution in [2.24, 2.45) is 0 Å². The lowest BCUT2D eigenvalue weighted by Gasteiger charge is -2.29. The Labute approximate surface area is 117 Å². The van der Waals surface area contributed by atoms with E-state index in [2.05, 4.69) is 20.4 Å². The first-order chi connectivity index (χ1) is 9.75. The number of aromatic nitrogens is 2. The molecule has 3 rings (SSSR count).